The van der Waals surface area contributed by atoms with E-state index in [1.165, 1.54) is 17.7 Å². The van der Waals surface area contributed by atoms with Crippen LogP contribution in [-0.4, -0.2) is 17.4 Å². The molecule has 1 heterocycles. The van der Waals surface area contributed by atoms with Crippen molar-refractivity contribution in [2.75, 3.05) is 6.54 Å². The van der Waals surface area contributed by atoms with E-state index in [1.54, 1.807) is 12.1 Å². The van der Waals surface area contributed by atoms with Gasteiger partial charge in [0.05, 0.1) is 6.04 Å². The number of hydrogen-bond acceptors (Lipinski definition) is 1. The number of fused-ring (bicyclic) bond motifs is 1. The smallest absolute Gasteiger partial charge is 0.254 e. The molecule has 0 radical (unpaired) electrons. The van der Waals surface area contributed by atoms with Crippen LogP contribution in [0.3, 0.4) is 0 Å². The molecule has 1 unspecified atom stereocenters. The summed E-state index contributed by atoms with van der Waals surface area (Å²) >= 11 is 0. The van der Waals surface area contributed by atoms with Crippen LogP contribution in [0.4, 0.5) is 4.39 Å². The third-order valence-electron chi connectivity index (χ3n) is 4.73. The molecule has 0 saturated heterocycles. The zero-order valence-corrected chi connectivity index (χ0v) is 13.7. The molecule has 0 aliphatic carbocycles. The standard InChI is InChI=1S/C22H18FNO/c23-19-11-6-10-18(15-19)22(25)24-14-13-16-7-4-5-12-20(16)21(24)17-8-2-1-3-9-17/h1-12,15,21H,13-14H2. The van der Waals surface area contributed by atoms with Gasteiger partial charge in [-0.1, -0.05) is 60.7 Å². The molecule has 0 aromatic heterocycles. The fourth-order valence-corrected chi connectivity index (χ4v) is 3.57. The van der Waals surface area contributed by atoms with Crippen LogP contribution in [0.25, 0.3) is 0 Å². The zero-order chi connectivity index (χ0) is 17.2. The molecule has 1 aliphatic rings. The minimum absolute atomic E-state index is 0.136. The molecule has 0 spiro atoms. The number of halogens is 1. The van der Waals surface area contributed by atoms with Gasteiger partial charge in [-0.2, -0.15) is 0 Å². The van der Waals surface area contributed by atoms with Gasteiger partial charge in [0.2, 0.25) is 0 Å². The van der Waals surface area contributed by atoms with Crippen molar-refractivity contribution in [1.82, 2.24) is 4.90 Å². The second-order valence-electron chi connectivity index (χ2n) is 6.27. The maximum atomic E-state index is 13.6. The number of carbonyl (C=O) groups is 1. The van der Waals surface area contributed by atoms with Gasteiger partial charge < -0.3 is 4.90 Å². The maximum Gasteiger partial charge on any atom is 0.254 e. The van der Waals surface area contributed by atoms with E-state index in [9.17, 15) is 9.18 Å². The monoisotopic (exact) mass is 331 g/mol. The molecule has 1 atom stereocenters. The molecule has 0 N–H and O–H groups in total. The zero-order valence-electron chi connectivity index (χ0n) is 13.7. The number of nitrogens with zero attached hydrogens (tertiary/aromatic N) is 1. The summed E-state index contributed by atoms with van der Waals surface area (Å²) in [6, 6.07) is 24.0. The van der Waals surface area contributed by atoms with Crippen LogP contribution in [0.15, 0.2) is 78.9 Å². The normalized spacial score (nSPS) is 16.4. The molecule has 3 heteroatoms. The van der Waals surface area contributed by atoms with E-state index >= 15 is 0 Å². The van der Waals surface area contributed by atoms with Gasteiger partial charge in [0, 0.05) is 12.1 Å². The maximum absolute atomic E-state index is 13.6. The number of benzene rings is 3. The van der Waals surface area contributed by atoms with Crippen molar-refractivity contribution in [1.29, 1.82) is 0 Å². The summed E-state index contributed by atoms with van der Waals surface area (Å²) in [6.07, 6.45) is 0.806. The first kappa shape index (κ1) is 15.6. The first-order valence-corrected chi connectivity index (χ1v) is 8.43. The van der Waals surface area contributed by atoms with Gasteiger partial charge in [-0.05, 0) is 41.3 Å². The van der Waals surface area contributed by atoms with Crippen LogP contribution in [0.1, 0.15) is 33.1 Å². The molecule has 3 aromatic carbocycles. The Morgan fingerprint density at radius 3 is 2.48 bits per heavy atom. The summed E-state index contributed by atoms with van der Waals surface area (Å²) in [4.78, 5) is 15.0. The van der Waals surface area contributed by atoms with E-state index in [4.69, 9.17) is 0 Å². The second kappa shape index (κ2) is 6.52. The van der Waals surface area contributed by atoms with E-state index in [1.807, 2.05) is 47.4 Å². The average Bonchev–Trinajstić information content (AvgIpc) is 2.67. The van der Waals surface area contributed by atoms with Gasteiger partial charge in [-0.3, -0.25) is 4.79 Å². The minimum atomic E-state index is -0.389. The largest absolute Gasteiger partial charge is 0.327 e. The molecule has 0 saturated carbocycles. The number of amides is 1. The van der Waals surface area contributed by atoms with Crippen LogP contribution < -0.4 is 0 Å². The summed E-state index contributed by atoms with van der Waals surface area (Å²) in [5, 5.41) is 0. The third-order valence-corrected chi connectivity index (χ3v) is 4.73. The van der Waals surface area contributed by atoms with Gasteiger partial charge in [0.1, 0.15) is 5.82 Å². The molecule has 0 fully saturated rings. The van der Waals surface area contributed by atoms with Gasteiger partial charge in [0.15, 0.2) is 0 Å². The van der Waals surface area contributed by atoms with E-state index in [-0.39, 0.29) is 17.8 Å². The van der Waals surface area contributed by atoms with Crippen molar-refractivity contribution < 1.29 is 9.18 Å². The first-order chi connectivity index (χ1) is 12.2. The van der Waals surface area contributed by atoms with Gasteiger partial charge in [0.25, 0.3) is 5.91 Å². The molecule has 25 heavy (non-hydrogen) atoms. The van der Waals surface area contributed by atoms with Gasteiger partial charge >= 0.3 is 0 Å². The topological polar surface area (TPSA) is 20.3 Å². The fraction of sp³-hybridized carbons (Fsp3) is 0.136. The highest BCUT2D eigenvalue weighted by Gasteiger charge is 2.32. The lowest BCUT2D eigenvalue weighted by atomic mass is 9.88. The highest BCUT2D eigenvalue weighted by Crippen LogP contribution is 2.35. The highest BCUT2D eigenvalue weighted by molar-refractivity contribution is 5.95. The summed E-state index contributed by atoms with van der Waals surface area (Å²) in [6.45, 7) is 0.617. The van der Waals surface area contributed by atoms with Crippen LogP contribution in [0.5, 0.6) is 0 Å². The Morgan fingerprint density at radius 1 is 0.920 bits per heavy atom. The molecule has 124 valence electrons. The lowest BCUT2D eigenvalue weighted by Crippen LogP contribution is -2.40. The summed E-state index contributed by atoms with van der Waals surface area (Å²) in [5.74, 6) is -0.526. The quantitative estimate of drug-likeness (QED) is 0.671. The Morgan fingerprint density at radius 2 is 1.68 bits per heavy atom. The van der Waals surface area contributed by atoms with Crippen molar-refractivity contribution in [2.45, 2.75) is 12.5 Å². The minimum Gasteiger partial charge on any atom is -0.327 e. The average molecular weight is 331 g/mol. The predicted octanol–water partition coefficient (Wildman–Crippen LogP) is 4.61. The van der Waals surface area contributed by atoms with Crippen molar-refractivity contribution in [2.24, 2.45) is 0 Å². The lowest BCUT2D eigenvalue weighted by Gasteiger charge is -2.38. The lowest BCUT2D eigenvalue weighted by molar-refractivity contribution is 0.0694. The summed E-state index contributed by atoms with van der Waals surface area (Å²) < 4.78 is 13.6. The Bertz CT molecular complexity index is 907. The van der Waals surface area contributed by atoms with Crippen LogP contribution >= 0.6 is 0 Å². The highest BCUT2D eigenvalue weighted by atomic mass is 19.1. The van der Waals surface area contributed by atoms with Crippen molar-refractivity contribution in [3.63, 3.8) is 0 Å². The fourth-order valence-electron chi connectivity index (χ4n) is 3.57. The van der Waals surface area contributed by atoms with Crippen molar-refractivity contribution in [3.8, 4) is 0 Å². The summed E-state index contributed by atoms with van der Waals surface area (Å²) in [5.41, 5.74) is 3.86. The molecule has 1 aliphatic heterocycles. The Labute approximate surface area is 146 Å². The van der Waals surface area contributed by atoms with Crippen LogP contribution in [0, 0.1) is 5.82 Å². The molecule has 2 nitrogen and oxygen atoms in total. The third kappa shape index (κ3) is 2.93. The SMILES string of the molecule is O=C(c1cccc(F)c1)N1CCc2ccccc2C1c1ccccc1. The first-order valence-electron chi connectivity index (χ1n) is 8.43. The molecule has 0 bridgehead atoms. The second-order valence-corrected chi connectivity index (χ2v) is 6.27. The molecular formula is C22H18FNO. The van der Waals surface area contributed by atoms with Crippen molar-refractivity contribution >= 4 is 5.91 Å². The molecular weight excluding hydrogens is 313 g/mol. The van der Waals surface area contributed by atoms with E-state index in [2.05, 4.69) is 12.1 Å². The van der Waals surface area contributed by atoms with E-state index in [0.717, 1.165) is 17.5 Å². The Balaban J connectivity index is 1.80. The molecule has 4 rings (SSSR count). The van der Waals surface area contributed by atoms with Crippen molar-refractivity contribution in [3.05, 3.63) is 107 Å². The molecule has 1 amide bonds. The van der Waals surface area contributed by atoms with E-state index in [0.29, 0.717) is 12.1 Å². The van der Waals surface area contributed by atoms with Crippen LogP contribution in [0.2, 0.25) is 0 Å². The Hall–Kier alpha value is -2.94. The number of hydrogen-bond donors (Lipinski definition) is 0. The van der Waals surface area contributed by atoms with Gasteiger partial charge in [-0.15, -0.1) is 0 Å². The van der Waals surface area contributed by atoms with Crippen LogP contribution in [-0.2, 0) is 6.42 Å². The number of carbonyl (C=O) groups excluding carboxylic acids is 1. The molecule has 3 aromatic rings. The Kier molecular flexibility index (Phi) is 4.06. The van der Waals surface area contributed by atoms with Gasteiger partial charge in [-0.25, -0.2) is 4.39 Å². The number of rotatable bonds is 2. The predicted molar refractivity (Wildman–Crippen MR) is 95.9 cm³/mol. The summed E-state index contributed by atoms with van der Waals surface area (Å²) in [7, 11) is 0. The van der Waals surface area contributed by atoms with E-state index < -0.39 is 0 Å².